The van der Waals surface area contributed by atoms with Gasteiger partial charge in [0, 0.05) is 27.1 Å². The zero-order chi connectivity index (χ0) is 18.4. The van der Waals surface area contributed by atoms with Crippen LogP contribution in [0.2, 0.25) is 0 Å². The maximum absolute atomic E-state index is 12.7. The first-order chi connectivity index (χ1) is 12.5. The minimum atomic E-state index is -0.434. The molecule has 8 nitrogen and oxygen atoms in total. The molecule has 1 aromatic carbocycles. The first kappa shape index (κ1) is 16.3. The number of benzene rings is 1. The predicted octanol–water partition coefficient (Wildman–Crippen LogP) is 0.761. The lowest BCUT2D eigenvalue weighted by molar-refractivity contribution is -0.118. The monoisotopic (exact) mass is 353 g/mol. The first-order valence-corrected chi connectivity index (χ1v) is 8.49. The van der Waals surface area contributed by atoms with Crippen LogP contribution in [0.3, 0.4) is 0 Å². The van der Waals surface area contributed by atoms with E-state index in [1.165, 1.54) is 11.6 Å². The van der Waals surface area contributed by atoms with Crippen molar-refractivity contribution in [1.29, 1.82) is 0 Å². The predicted molar refractivity (Wildman–Crippen MR) is 97.1 cm³/mol. The Kier molecular flexibility index (Phi) is 3.75. The highest BCUT2D eigenvalue weighted by Crippen LogP contribution is 2.26. The number of fused-ring (bicyclic) bond motifs is 3. The van der Waals surface area contributed by atoms with Crippen molar-refractivity contribution >= 4 is 23.0 Å². The number of carbonyl (C=O) groups excluding carboxylic acids is 1. The molecule has 0 fully saturated rings. The Morgan fingerprint density at radius 1 is 1.04 bits per heavy atom. The van der Waals surface area contributed by atoms with Crippen LogP contribution in [0.5, 0.6) is 0 Å². The lowest BCUT2D eigenvalue weighted by Crippen LogP contribution is -2.37. The van der Waals surface area contributed by atoms with Crippen LogP contribution in [0.4, 0.5) is 5.95 Å². The molecule has 0 bridgehead atoms. The van der Waals surface area contributed by atoms with Gasteiger partial charge in [0.15, 0.2) is 11.2 Å². The molecule has 0 saturated carbocycles. The summed E-state index contributed by atoms with van der Waals surface area (Å²) in [7, 11) is 3.04. The van der Waals surface area contributed by atoms with E-state index in [0.717, 1.165) is 10.1 Å². The lowest BCUT2D eigenvalue weighted by atomic mass is 10.2. The number of hydrogen-bond donors (Lipinski definition) is 0. The van der Waals surface area contributed by atoms with Crippen LogP contribution in [-0.2, 0) is 32.0 Å². The van der Waals surface area contributed by atoms with E-state index < -0.39 is 11.2 Å². The lowest BCUT2D eigenvalue weighted by Gasteiger charge is -2.20. The van der Waals surface area contributed by atoms with E-state index in [4.69, 9.17) is 0 Å². The summed E-state index contributed by atoms with van der Waals surface area (Å²) in [5.74, 6) is 0.384. The summed E-state index contributed by atoms with van der Waals surface area (Å²) in [6, 6.07) is 9.64. The minimum absolute atomic E-state index is 0.0373. The third kappa shape index (κ3) is 2.37. The summed E-state index contributed by atoms with van der Waals surface area (Å²) in [6.07, 6.45) is 1.01. The van der Waals surface area contributed by atoms with Crippen molar-refractivity contribution in [3.8, 4) is 0 Å². The van der Waals surface area contributed by atoms with Gasteiger partial charge < -0.3 is 4.57 Å². The van der Waals surface area contributed by atoms with Gasteiger partial charge in [-0.1, -0.05) is 30.3 Å². The molecular weight excluding hydrogens is 334 g/mol. The number of amides is 1. The van der Waals surface area contributed by atoms with Gasteiger partial charge in [0.1, 0.15) is 0 Å². The largest absolute Gasteiger partial charge is 0.332 e. The van der Waals surface area contributed by atoms with Gasteiger partial charge in [-0.3, -0.25) is 23.6 Å². The molecule has 4 rings (SSSR count). The third-order valence-electron chi connectivity index (χ3n) is 4.83. The second-order valence-corrected chi connectivity index (χ2v) is 6.51. The van der Waals surface area contributed by atoms with E-state index in [2.05, 4.69) is 4.98 Å². The number of rotatable bonds is 2. The molecule has 134 valence electrons. The Labute approximate surface area is 148 Å². The van der Waals surface area contributed by atoms with Crippen LogP contribution >= 0.6 is 0 Å². The topological polar surface area (TPSA) is 82.1 Å². The van der Waals surface area contributed by atoms with Gasteiger partial charge in [-0.25, -0.2) is 4.79 Å². The van der Waals surface area contributed by atoms with Crippen molar-refractivity contribution in [2.24, 2.45) is 14.1 Å². The Morgan fingerprint density at radius 2 is 1.77 bits per heavy atom. The molecular formula is C18H19N5O3. The number of nitrogens with zero attached hydrogens (tertiary/aromatic N) is 5. The molecule has 8 heteroatoms. The first-order valence-electron chi connectivity index (χ1n) is 8.49. The molecule has 3 heterocycles. The maximum Gasteiger partial charge on any atom is 0.332 e. The Hall–Kier alpha value is -3.16. The quantitative estimate of drug-likeness (QED) is 0.681. The Morgan fingerprint density at radius 3 is 2.50 bits per heavy atom. The standard InChI is InChI=1S/C18H19N5O3/c1-20-15-14(16(25)21(2)18(20)26)22-10-6-9-13(24)23(17(22)19-15)11-12-7-4-3-5-8-12/h3-5,7-8H,6,9-11H2,1-2H3. The van der Waals surface area contributed by atoms with Crippen LogP contribution < -0.4 is 16.1 Å². The van der Waals surface area contributed by atoms with Crippen LogP contribution in [0.1, 0.15) is 18.4 Å². The van der Waals surface area contributed by atoms with E-state index in [9.17, 15) is 14.4 Å². The molecule has 3 aromatic rings. The molecule has 0 spiro atoms. The van der Waals surface area contributed by atoms with Crippen molar-refractivity contribution in [1.82, 2.24) is 18.7 Å². The summed E-state index contributed by atoms with van der Waals surface area (Å²) in [5, 5.41) is 0. The fraction of sp³-hybridized carbons (Fsp3) is 0.333. The van der Waals surface area contributed by atoms with E-state index in [-0.39, 0.29) is 5.91 Å². The fourth-order valence-corrected chi connectivity index (χ4v) is 3.41. The Balaban J connectivity index is 1.96. The van der Waals surface area contributed by atoms with Gasteiger partial charge in [0.25, 0.3) is 5.56 Å². The number of anilines is 1. The molecule has 0 N–H and O–H groups in total. The van der Waals surface area contributed by atoms with Crippen LogP contribution in [0.25, 0.3) is 11.2 Å². The van der Waals surface area contributed by atoms with E-state index in [1.807, 2.05) is 30.3 Å². The average Bonchev–Trinajstić information content (AvgIpc) is 2.96. The molecule has 0 saturated heterocycles. The highest BCUT2D eigenvalue weighted by atomic mass is 16.2. The molecule has 1 aliphatic rings. The second-order valence-electron chi connectivity index (χ2n) is 6.51. The van der Waals surface area contributed by atoms with Gasteiger partial charge >= 0.3 is 5.69 Å². The normalized spacial score (nSPS) is 14.5. The van der Waals surface area contributed by atoms with Gasteiger partial charge in [0.05, 0.1) is 6.54 Å². The van der Waals surface area contributed by atoms with Crippen molar-refractivity contribution in [3.63, 3.8) is 0 Å². The molecule has 0 radical (unpaired) electrons. The zero-order valence-corrected chi connectivity index (χ0v) is 14.7. The zero-order valence-electron chi connectivity index (χ0n) is 14.7. The molecule has 1 amide bonds. The number of aromatic nitrogens is 4. The highest BCUT2D eigenvalue weighted by Gasteiger charge is 2.28. The number of hydrogen-bond acceptors (Lipinski definition) is 4. The second kappa shape index (κ2) is 5.98. The summed E-state index contributed by atoms with van der Waals surface area (Å²) < 4.78 is 4.19. The smallest absolute Gasteiger partial charge is 0.304 e. The SMILES string of the molecule is Cn1c(=O)c2c(nc3n2CCCC(=O)N3Cc2ccccc2)n(C)c1=O. The van der Waals surface area contributed by atoms with Gasteiger partial charge in [-0.2, -0.15) is 4.98 Å². The van der Waals surface area contributed by atoms with Gasteiger partial charge in [-0.05, 0) is 12.0 Å². The molecule has 1 aliphatic heterocycles. The molecule has 2 aromatic heterocycles. The number of aryl methyl sites for hydroxylation is 2. The fourth-order valence-electron chi connectivity index (χ4n) is 3.41. The molecule has 0 unspecified atom stereocenters. The number of imidazole rings is 1. The van der Waals surface area contributed by atoms with Crippen molar-refractivity contribution in [2.75, 3.05) is 4.90 Å². The van der Waals surface area contributed by atoms with Crippen LogP contribution in [0.15, 0.2) is 39.9 Å². The number of carbonyl (C=O) groups is 1. The minimum Gasteiger partial charge on any atom is -0.304 e. The summed E-state index contributed by atoms with van der Waals surface area (Å²) in [4.78, 5) is 43.7. The van der Waals surface area contributed by atoms with Crippen molar-refractivity contribution in [3.05, 3.63) is 56.7 Å². The Bertz CT molecular complexity index is 1120. The van der Waals surface area contributed by atoms with Crippen molar-refractivity contribution < 1.29 is 4.79 Å². The maximum atomic E-state index is 12.7. The van der Waals surface area contributed by atoms with Crippen LogP contribution in [0, 0.1) is 0 Å². The van der Waals surface area contributed by atoms with Gasteiger partial charge in [-0.15, -0.1) is 0 Å². The average molecular weight is 353 g/mol. The summed E-state index contributed by atoms with van der Waals surface area (Å²) in [5.41, 5.74) is 0.814. The molecule has 26 heavy (non-hydrogen) atoms. The highest BCUT2D eigenvalue weighted by molar-refractivity contribution is 5.93. The van der Waals surface area contributed by atoms with E-state index in [1.54, 1.807) is 16.5 Å². The summed E-state index contributed by atoms with van der Waals surface area (Å²) in [6.45, 7) is 0.883. The summed E-state index contributed by atoms with van der Waals surface area (Å²) >= 11 is 0. The van der Waals surface area contributed by atoms with E-state index >= 15 is 0 Å². The van der Waals surface area contributed by atoms with Gasteiger partial charge in [0.2, 0.25) is 11.9 Å². The third-order valence-corrected chi connectivity index (χ3v) is 4.83. The van der Waals surface area contributed by atoms with E-state index in [0.29, 0.717) is 43.0 Å². The molecule has 0 aliphatic carbocycles. The van der Waals surface area contributed by atoms with Crippen LogP contribution in [-0.4, -0.2) is 24.6 Å². The van der Waals surface area contributed by atoms with Crippen molar-refractivity contribution in [2.45, 2.75) is 25.9 Å². The molecule has 0 atom stereocenters.